The molecule has 2 aliphatic heterocycles. The molecular formula is C19H28N2O3. The van der Waals surface area contributed by atoms with Gasteiger partial charge in [0, 0.05) is 25.8 Å². The molecule has 5 heteroatoms. The molecule has 0 aromatic heterocycles. The minimum Gasteiger partial charge on any atom is -0.496 e. The van der Waals surface area contributed by atoms with Gasteiger partial charge in [-0.25, -0.2) is 0 Å². The van der Waals surface area contributed by atoms with E-state index in [4.69, 9.17) is 9.47 Å². The largest absolute Gasteiger partial charge is 0.496 e. The predicted molar refractivity (Wildman–Crippen MR) is 93.3 cm³/mol. The van der Waals surface area contributed by atoms with Crippen molar-refractivity contribution in [3.8, 4) is 5.75 Å². The van der Waals surface area contributed by atoms with Crippen LogP contribution in [0.3, 0.4) is 0 Å². The van der Waals surface area contributed by atoms with E-state index in [1.165, 1.54) is 0 Å². The van der Waals surface area contributed by atoms with Crippen LogP contribution < -0.4 is 10.1 Å². The molecule has 0 aliphatic carbocycles. The zero-order valence-electron chi connectivity index (χ0n) is 14.5. The van der Waals surface area contributed by atoms with E-state index in [0.717, 1.165) is 63.2 Å². The van der Waals surface area contributed by atoms with Gasteiger partial charge in [-0.3, -0.25) is 9.69 Å². The summed E-state index contributed by atoms with van der Waals surface area (Å²) in [5.74, 6) is 1.06. The number of para-hydroxylation sites is 1. The predicted octanol–water partition coefficient (Wildman–Crippen LogP) is 2.00. The fourth-order valence-corrected chi connectivity index (χ4v) is 3.87. The van der Waals surface area contributed by atoms with Gasteiger partial charge >= 0.3 is 0 Å². The van der Waals surface area contributed by atoms with Crippen LogP contribution in [0.4, 0.5) is 0 Å². The molecule has 0 unspecified atom stereocenters. The van der Waals surface area contributed by atoms with Gasteiger partial charge in [0.15, 0.2) is 0 Å². The third kappa shape index (κ3) is 4.08. The monoisotopic (exact) mass is 332 g/mol. The van der Waals surface area contributed by atoms with Crippen molar-refractivity contribution in [3.63, 3.8) is 0 Å². The van der Waals surface area contributed by atoms with Gasteiger partial charge in [0.1, 0.15) is 5.75 Å². The molecule has 1 aromatic carbocycles. The highest BCUT2D eigenvalue weighted by Crippen LogP contribution is 2.25. The first-order valence-corrected chi connectivity index (χ1v) is 9.02. The van der Waals surface area contributed by atoms with E-state index in [0.29, 0.717) is 12.6 Å². The highest BCUT2D eigenvalue weighted by molar-refractivity contribution is 5.82. The minimum absolute atomic E-state index is 0.0331. The Bertz CT molecular complexity index is 543. The Hall–Kier alpha value is -1.59. The summed E-state index contributed by atoms with van der Waals surface area (Å²) in [6.07, 6.45) is 4.97. The first-order valence-electron chi connectivity index (χ1n) is 9.02. The topological polar surface area (TPSA) is 50.8 Å². The van der Waals surface area contributed by atoms with Crippen LogP contribution in [0, 0.1) is 0 Å². The fraction of sp³-hybridized carbons (Fsp3) is 0.632. The third-order valence-corrected chi connectivity index (χ3v) is 5.14. The van der Waals surface area contributed by atoms with E-state index in [2.05, 4.69) is 16.3 Å². The molecule has 24 heavy (non-hydrogen) atoms. The van der Waals surface area contributed by atoms with E-state index in [1.54, 1.807) is 7.11 Å². The minimum atomic E-state index is 0.0331. The summed E-state index contributed by atoms with van der Waals surface area (Å²) in [4.78, 5) is 15.0. The molecule has 1 atom stereocenters. The molecule has 1 aromatic rings. The van der Waals surface area contributed by atoms with Gasteiger partial charge in [-0.1, -0.05) is 18.2 Å². The van der Waals surface area contributed by atoms with E-state index in [9.17, 15) is 4.79 Å². The Morgan fingerprint density at radius 2 is 2.08 bits per heavy atom. The average molecular weight is 332 g/mol. The molecule has 0 bridgehead atoms. The summed E-state index contributed by atoms with van der Waals surface area (Å²) in [7, 11) is 1.68. The standard InChI is InChI=1S/C19H28N2O3/c1-23-18-7-3-2-5-15(18)8-11-20-19(22)17-6-4-12-21(17)16-9-13-24-14-10-16/h2-3,5,7,16-17H,4,6,8-14H2,1H3,(H,20,22)/t17-/m1/s1. The number of carbonyl (C=O) groups excluding carboxylic acids is 1. The summed E-state index contributed by atoms with van der Waals surface area (Å²) in [6, 6.07) is 8.52. The molecule has 3 rings (SSSR count). The molecule has 1 N–H and O–H groups in total. The van der Waals surface area contributed by atoms with Crippen molar-refractivity contribution in [1.29, 1.82) is 0 Å². The van der Waals surface area contributed by atoms with E-state index >= 15 is 0 Å². The van der Waals surface area contributed by atoms with Gasteiger partial charge in [-0.05, 0) is 50.3 Å². The van der Waals surface area contributed by atoms with E-state index in [1.807, 2.05) is 18.2 Å². The Balaban J connectivity index is 1.50. The number of methoxy groups -OCH3 is 1. The number of carbonyl (C=O) groups is 1. The summed E-state index contributed by atoms with van der Waals surface area (Å²) in [5, 5.41) is 3.13. The van der Waals surface area contributed by atoms with Gasteiger partial charge < -0.3 is 14.8 Å². The number of nitrogens with one attached hydrogen (secondary N) is 1. The lowest BCUT2D eigenvalue weighted by Gasteiger charge is -2.34. The van der Waals surface area contributed by atoms with E-state index in [-0.39, 0.29) is 11.9 Å². The number of hydrogen-bond acceptors (Lipinski definition) is 4. The van der Waals surface area contributed by atoms with Crippen molar-refractivity contribution in [1.82, 2.24) is 10.2 Å². The third-order valence-electron chi connectivity index (χ3n) is 5.14. The fourth-order valence-electron chi connectivity index (χ4n) is 3.87. The quantitative estimate of drug-likeness (QED) is 0.866. The molecule has 0 saturated carbocycles. The summed E-state index contributed by atoms with van der Waals surface area (Å²) >= 11 is 0. The maximum Gasteiger partial charge on any atom is 0.237 e. The average Bonchev–Trinajstić information content (AvgIpc) is 3.12. The Labute approximate surface area is 144 Å². The molecule has 2 saturated heterocycles. The highest BCUT2D eigenvalue weighted by Gasteiger charge is 2.35. The summed E-state index contributed by atoms with van der Waals surface area (Å²) in [6.45, 7) is 3.33. The molecule has 5 nitrogen and oxygen atoms in total. The first kappa shape index (κ1) is 17.2. The number of likely N-dealkylation sites (tertiary alicyclic amines) is 1. The van der Waals surface area contributed by atoms with Crippen LogP contribution >= 0.6 is 0 Å². The second-order valence-corrected chi connectivity index (χ2v) is 6.59. The molecule has 0 spiro atoms. The summed E-state index contributed by atoms with van der Waals surface area (Å²) < 4.78 is 10.8. The zero-order valence-corrected chi connectivity index (χ0v) is 14.5. The van der Waals surface area contributed by atoms with Crippen LogP contribution in [0.15, 0.2) is 24.3 Å². The van der Waals surface area contributed by atoms with Crippen molar-refractivity contribution in [2.45, 2.75) is 44.2 Å². The van der Waals surface area contributed by atoms with Crippen LogP contribution in [0.5, 0.6) is 5.75 Å². The zero-order chi connectivity index (χ0) is 16.8. The van der Waals surface area contributed by atoms with Crippen LogP contribution in [0.2, 0.25) is 0 Å². The maximum absolute atomic E-state index is 12.6. The van der Waals surface area contributed by atoms with Crippen LogP contribution in [-0.2, 0) is 16.0 Å². The lowest BCUT2D eigenvalue weighted by molar-refractivity contribution is -0.126. The molecule has 2 heterocycles. The number of amides is 1. The number of ether oxygens (including phenoxy) is 2. The molecular weight excluding hydrogens is 304 g/mol. The second kappa shape index (κ2) is 8.49. The molecule has 2 aliphatic rings. The summed E-state index contributed by atoms with van der Waals surface area (Å²) in [5.41, 5.74) is 1.13. The van der Waals surface area contributed by atoms with Crippen LogP contribution in [0.1, 0.15) is 31.2 Å². The van der Waals surface area contributed by atoms with Crippen molar-refractivity contribution >= 4 is 5.91 Å². The number of benzene rings is 1. The lowest BCUT2D eigenvalue weighted by atomic mass is 10.1. The highest BCUT2D eigenvalue weighted by atomic mass is 16.5. The number of hydrogen-bond donors (Lipinski definition) is 1. The SMILES string of the molecule is COc1ccccc1CCNC(=O)[C@H]1CCCN1C1CCOCC1. The van der Waals surface area contributed by atoms with Crippen LogP contribution in [0.25, 0.3) is 0 Å². The van der Waals surface area contributed by atoms with Crippen molar-refractivity contribution in [3.05, 3.63) is 29.8 Å². The molecule has 132 valence electrons. The van der Waals surface area contributed by atoms with Gasteiger partial charge in [0.25, 0.3) is 0 Å². The lowest BCUT2D eigenvalue weighted by Crippen LogP contribution is -2.49. The van der Waals surface area contributed by atoms with Gasteiger partial charge in [-0.2, -0.15) is 0 Å². The van der Waals surface area contributed by atoms with Crippen molar-refractivity contribution < 1.29 is 14.3 Å². The Kier molecular flexibility index (Phi) is 6.10. The second-order valence-electron chi connectivity index (χ2n) is 6.59. The maximum atomic E-state index is 12.6. The number of rotatable bonds is 6. The van der Waals surface area contributed by atoms with Gasteiger partial charge in [0.05, 0.1) is 13.2 Å². The van der Waals surface area contributed by atoms with Crippen molar-refractivity contribution in [2.24, 2.45) is 0 Å². The Morgan fingerprint density at radius 3 is 2.88 bits per heavy atom. The Morgan fingerprint density at radius 1 is 1.29 bits per heavy atom. The van der Waals surface area contributed by atoms with Crippen molar-refractivity contribution in [2.75, 3.05) is 33.4 Å². The van der Waals surface area contributed by atoms with Gasteiger partial charge in [-0.15, -0.1) is 0 Å². The normalized spacial score (nSPS) is 22.5. The van der Waals surface area contributed by atoms with Crippen LogP contribution in [-0.4, -0.2) is 56.3 Å². The first-order chi connectivity index (χ1) is 11.8. The van der Waals surface area contributed by atoms with Gasteiger partial charge in [0.2, 0.25) is 5.91 Å². The molecule has 2 fully saturated rings. The number of nitrogens with zero attached hydrogens (tertiary/aromatic N) is 1. The van der Waals surface area contributed by atoms with E-state index < -0.39 is 0 Å². The molecule has 0 radical (unpaired) electrons. The molecule has 1 amide bonds. The smallest absolute Gasteiger partial charge is 0.237 e.